The van der Waals surface area contributed by atoms with E-state index in [-0.39, 0.29) is 0 Å². The van der Waals surface area contributed by atoms with E-state index >= 15 is 0 Å². The molecule has 9 heteroatoms. The van der Waals surface area contributed by atoms with Gasteiger partial charge in [-0.05, 0) is 67.4 Å². The predicted octanol–water partition coefficient (Wildman–Crippen LogP) is 15.2. The Balaban J connectivity index is 1.21. The van der Waals surface area contributed by atoms with Gasteiger partial charge in [0.15, 0.2) is 0 Å². The van der Waals surface area contributed by atoms with Crippen LogP contribution in [0.2, 0.25) is 0 Å². The summed E-state index contributed by atoms with van der Waals surface area (Å²) in [4.78, 5) is 0. The third kappa shape index (κ3) is 6.59. The van der Waals surface area contributed by atoms with Gasteiger partial charge in [-0.2, -0.15) is 0 Å². The van der Waals surface area contributed by atoms with E-state index in [9.17, 15) is 0 Å². The van der Waals surface area contributed by atoms with Crippen molar-refractivity contribution in [3.8, 4) is 0 Å². The van der Waals surface area contributed by atoms with Crippen molar-refractivity contribution < 1.29 is 21.5 Å². The molecule has 10 aromatic rings. The van der Waals surface area contributed by atoms with Crippen molar-refractivity contribution in [3.05, 3.63) is 145 Å². The Labute approximate surface area is 344 Å². The molecule has 0 bridgehead atoms. The van der Waals surface area contributed by atoms with Crippen molar-refractivity contribution >= 4 is 103 Å². The predicted molar refractivity (Wildman–Crippen MR) is 250 cm³/mol. The Bertz CT molecular complexity index is 3080. The molecule has 8 aromatic carbocycles. The Kier molecular flexibility index (Phi) is 10.2. The van der Waals surface area contributed by atoms with Crippen molar-refractivity contribution in [2.75, 3.05) is 35.5 Å². The summed E-state index contributed by atoms with van der Waals surface area (Å²) in [6.07, 6.45) is 0. The van der Waals surface area contributed by atoms with Gasteiger partial charge >= 0.3 is 16.3 Å². The van der Waals surface area contributed by atoms with Gasteiger partial charge in [0.25, 0.3) is 0 Å². The second-order valence-electron chi connectivity index (χ2n) is 14.9. The third-order valence-electron chi connectivity index (χ3n) is 11.6. The summed E-state index contributed by atoms with van der Waals surface area (Å²) < 4.78 is 39.5. The first kappa shape index (κ1) is 37.7. The van der Waals surface area contributed by atoms with Gasteiger partial charge in [-0.3, -0.25) is 0 Å². The lowest BCUT2D eigenvalue weighted by atomic mass is 9.96. The lowest BCUT2D eigenvalue weighted by Crippen LogP contribution is -2.17. The molecular weight excluding hydrogens is 771 g/mol. The molecule has 7 nitrogen and oxygen atoms in total. The maximum Gasteiger partial charge on any atom is 0.309 e. The van der Waals surface area contributed by atoms with E-state index < -0.39 is 16.3 Å². The Morgan fingerprint density at radius 3 is 1.15 bits per heavy atom. The second-order valence-corrected chi connectivity index (χ2v) is 17.7. The lowest BCUT2D eigenvalue weighted by Gasteiger charge is -2.15. The number of rotatable bonds is 10. The van der Waals surface area contributed by atoms with Gasteiger partial charge < -0.3 is 21.5 Å². The molecule has 0 aliphatic rings. The van der Waals surface area contributed by atoms with Crippen LogP contribution in [0.25, 0.3) is 87.0 Å². The van der Waals surface area contributed by atoms with E-state index in [1.165, 1.54) is 0 Å². The van der Waals surface area contributed by atoms with Gasteiger partial charge in [-0.25, -0.2) is 9.34 Å². The Morgan fingerprint density at radius 2 is 0.763 bits per heavy atom. The summed E-state index contributed by atoms with van der Waals surface area (Å²) in [6, 6.07) is 47.2. The van der Waals surface area contributed by atoms with Crippen LogP contribution in [0, 0.1) is 0 Å². The van der Waals surface area contributed by atoms with Crippen molar-refractivity contribution in [2.24, 2.45) is 0 Å². The molecule has 0 amide bonds. The molecule has 0 spiro atoms. The zero-order valence-corrected chi connectivity index (χ0v) is 35.6. The fraction of sp³-hybridized carbons (Fsp3) is 0.200. The van der Waals surface area contributed by atoms with Gasteiger partial charge in [-0.1, -0.05) is 137 Å². The average Bonchev–Trinajstić information content (AvgIpc) is 3.57. The molecular formula is C50H46N2O5P2. The first-order valence-corrected chi connectivity index (χ1v) is 22.9. The summed E-state index contributed by atoms with van der Waals surface area (Å²) in [5, 5.41) is 13.2. The molecule has 59 heavy (non-hydrogen) atoms. The molecule has 0 saturated carbocycles. The van der Waals surface area contributed by atoms with E-state index in [0.29, 0.717) is 13.2 Å². The van der Waals surface area contributed by atoms with Gasteiger partial charge in [0.1, 0.15) is 22.3 Å². The monoisotopic (exact) mass is 816 g/mol. The zero-order chi connectivity index (χ0) is 40.0. The standard InChI is InChI=1S/C50H46N2O5P2/c1-5-51(6-2)58-54-43-27-25-33-17-9-13-21-39(33)45(43)47-41-23-15-11-19-35(41)29-37(49(47)56-58)31-53-32-38-30-36-20-12-16-24-42(36)48-46-40-22-14-10-18-34(40)26-28-44(46)55-59(57-50(38)48)52(7-3)8-4/h9-30H,5-8,31-32H2,1-4H3. The van der Waals surface area contributed by atoms with Crippen LogP contribution in [0.3, 0.4) is 0 Å². The minimum Gasteiger partial charge on any atom is -0.408 e. The SMILES string of the molecule is CCN(CC)p1oc2ccc3ccccc3c2c2c(o1)c(COCc1cc3ccccc3c3c1op(N(CC)CC)oc1ccc4ccccc4c13)cc1ccccc12. The highest BCUT2D eigenvalue weighted by Crippen LogP contribution is 2.45. The Morgan fingerprint density at radius 1 is 0.407 bits per heavy atom. The largest absolute Gasteiger partial charge is 0.408 e. The maximum atomic E-state index is 7.13. The summed E-state index contributed by atoms with van der Waals surface area (Å²) in [5.74, 6) is 0. The first-order chi connectivity index (χ1) is 29.1. The van der Waals surface area contributed by atoms with Crippen molar-refractivity contribution in [3.63, 3.8) is 0 Å². The van der Waals surface area contributed by atoms with Gasteiger partial charge in [0.2, 0.25) is 0 Å². The molecule has 10 rings (SSSR count). The highest BCUT2D eigenvalue weighted by atomic mass is 31.1. The molecule has 0 saturated heterocycles. The highest BCUT2D eigenvalue weighted by Gasteiger charge is 2.21. The normalized spacial score (nSPS) is 12.8. The molecule has 0 fully saturated rings. The first-order valence-electron chi connectivity index (χ1n) is 20.6. The average molecular weight is 817 g/mol. The van der Waals surface area contributed by atoms with Gasteiger partial charge in [0, 0.05) is 58.9 Å². The molecule has 0 aliphatic heterocycles. The quantitative estimate of drug-likeness (QED) is 0.136. The number of nitrogens with zero attached hydrogens (tertiary/aromatic N) is 2. The van der Waals surface area contributed by atoms with E-state index in [1.54, 1.807) is 0 Å². The number of ether oxygens (including phenoxy) is 1. The Hall–Kier alpha value is -5.52. The van der Waals surface area contributed by atoms with Crippen LogP contribution in [0.4, 0.5) is 0 Å². The topological polar surface area (TPSA) is 68.3 Å². The minimum atomic E-state index is -1.46. The molecule has 2 aromatic heterocycles. The highest BCUT2D eigenvalue weighted by molar-refractivity contribution is 7.39. The molecule has 296 valence electrons. The summed E-state index contributed by atoms with van der Waals surface area (Å²) >= 11 is 0. The van der Waals surface area contributed by atoms with Crippen LogP contribution in [-0.2, 0) is 18.0 Å². The van der Waals surface area contributed by atoms with E-state index in [2.05, 4.69) is 170 Å². The van der Waals surface area contributed by atoms with Crippen LogP contribution in [0.5, 0.6) is 0 Å². The van der Waals surface area contributed by atoms with Gasteiger partial charge in [-0.15, -0.1) is 0 Å². The van der Waals surface area contributed by atoms with Gasteiger partial charge in [0.05, 0.1) is 13.2 Å². The van der Waals surface area contributed by atoms with E-state index in [4.69, 9.17) is 21.5 Å². The fourth-order valence-electron chi connectivity index (χ4n) is 8.64. The number of hydrogen-bond acceptors (Lipinski definition) is 7. The van der Waals surface area contributed by atoms with Crippen LogP contribution in [0.1, 0.15) is 38.8 Å². The number of benzene rings is 8. The summed E-state index contributed by atoms with van der Waals surface area (Å²) in [5.41, 5.74) is 5.23. The maximum absolute atomic E-state index is 7.13. The number of hydrogen-bond donors (Lipinski definition) is 0. The summed E-state index contributed by atoms with van der Waals surface area (Å²) in [7, 11) is -2.93. The molecule has 2 atom stereocenters. The lowest BCUT2D eigenvalue weighted by molar-refractivity contribution is 0.108. The third-order valence-corrected chi connectivity index (χ3v) is 15.0. The molecule has 0 radical (unpaired) electrons. The zero-order valence-electron chi connectivity index (χ0n) is 33.8. The van der Waals surface area contributed by atoms with Crippen LogP contribution in [0.15, 0.2) is 150 Å². The van der Waals surface area contributed by atoms with Crippen LogP contribution >= 0.6 is 16.3 Å². The molecule has 0 N–H and O–H groups in total. The molecule has 2 unspecified atom stereocenters. The fourth-order valence-corrected chi connectivity index (χ4v) is 11.5. The number of fused-ring (bicyclic) bond motifs is 14. The smallest absolute Gasteiger partial charge is 0.309 e. The van der Waals surface area contributed by atoms with Crippen LogP contribution < -0.4 is 9.34 Å². The molecule has 2 heterocycles. The molecule has 0 aliphatic carbocycles. The minimum absolute atomic E-state index is 0.317. The van der Waals surface area contributed by atoms with Crippen LogP contribution in [-0.4, -0.2) is 26.2 Å². The summed E-state index contributed by atoms with van der Waals surface area (Å²) in [6.45, 7) is 12.4. The van der Waals surface area contributed by atoms with E-state index in [1.807, 2.05) is 0 Å². The van der Waals surface area contributed by atoms with Crippen molar-refractivity contribution in [2.45, 2.75) is 40.9 Å². The van der Waals surface area contributed by atoms with Crippen molar-refractivity contribution in [1.29, 1.82) is 0 Å². The van der Waals surface area contributed by atoms with Crippen molar-refractivity contribution in [1.82, 2.24) is 0 Å². The second kappa shape index (κ2) is 15.9. The van der Waals surface area contributed by atoms with E-state index in [0.717, 1.165) is 124 Å².